The maximum Gasteiger partial charge on any atom is 0.309 e. The van der Waals surface area contributed by atoms with Gasteiger partial charge in [0, 0.05) is 25.7 Å². The molecule has 1 aromatic rings. The number of anilines is 1. The molecule has 124 valence electrons. The number of likely N-dealkylation sites (tertiary alicyclic amines) is 1. The molecule has 1 aliphatic heterocycles. The van der Waals surface area contributed by atoms with Gasteiger partial charge in [-0.2, -0.15) is 0 Å². The molecule has 0 spiro atoms. The summed E-state index contributed by atoms with van der Waals surface area (Å²) in [5.41, 5.74) is 1.43. The molecular formula is C17H22N2O4. The Labute approximate surface area is 135 Å². The third-order valence-electron chi connectivity index (χ3n) is 4.01. The van der Waals surface area contributed by atoms with E-state index in [1.807, 2.05) is 6.07 Å². The normalized spacial score (nSPS) is 17.5. The SMILES string of the molecule is COC(=O)Cc1cccc(NC(=O)C2CCCN(C(C)=O)C2)c1. The van der Waals surface area contributed by atoms with Crippen LogP contribution in [0.3, 0.4) is 0 Å². The Morgan fingerprint density at radius 1 is 1.35 bits per heavy atom. The minimum absolute atomic E-state index is 0.00238. The number of carbonyl (C=O) groups is 3. The fourth-order valence-corrected chi connectivity index (χ4v) is 2.72. The highest BCUT2D eigenvalue weighted by atomic mass is 16.5. The van der Waals surface area contributed by atoms with Gasteiger partial charge in [-0.1, -0.05) is 12.1 Å². The van der Waals surface area contributed by atoms with Gasteiger partial charge in [-0.05, 0) is 30.5 Å². The van der Waals surface area contributed by atoms with Gasteiger partial charge in [-0.25, -0.2) is 0 Å². The largest absolute Gasteiger partial charge is 0.469 e. The van der Waals surface area contributed by atoms with Gasteiger partial charge in [0.05, 0.1) is 19.4 Å². The zero-order valence-corrected chi connectivity index (χ0v) is 13.5. The van der Waals surface area contributed by atoms with Gasteiger partial charge in [0.1, 0.15) is 0 Å². The van der Waals surface area contributed by atoms with Gasteiger partial charge in [0.15, 0.2) is 0 Å². The highest BCUT2D eigenvalue weighted by Crippen LogP contribution is 2.19. The number of nitrogens with one attached hydrogen (secondary N) is 1. The highest BCUT2D eigenvalue weighted by Gasteiger charge is 2.27. The average Bonchev–Trinajstić information content (AvgIpc) is 2.55. The zero-order valence-electron chi connectivity index (χ0n) is 13.5. The lowest BCUT2D eigenvalue weighted by atomic mass is 9.97. The number of rotatable bonds is 4. The smallest absolute Gasteiger partial charge is 0.309 e. The van der Waals surface area contributed by atoms with Gasteiger partial charge in [0.25, 0.3) is 0 Å². The van der Waals surface area contributed by atoms with Crippen molar-refractivity contribution >= 4 is 23.5 Å². The van der Waals surface area contributed by atoms with Gasteiger partial charge in [-0.3, -0.25) is 14.4 Å². The molecule has 6 heteroatoms. The first-order chi connectivity index (χ1) is 11.0. The predicted molar refractivity (Wildman–Crippen MR) is 85.8 cm³/mol. The van der Waals surface area contributed by atoms with E-state index in [0.29, 0.717) is 18.8 Å². The van der Waals surface area contributed by atoms with Crippen LogP contribution in [0.15, 0.2) is 24.3 Å². The van der Waals surface area contributed by atoms with Crippen molar-refractivity contribution in [1.82, 2.24) is 4.90 Å². The Hall–Kier alpha value is -2.37. The number of methoxy groups -OCH3 is 1. The molecule has 0 saturated carbocycles. The number of piperidine rings is 1. The molecule has 0 aromatic heterocycles. The molecule has 2 rings (SSSR count). The molecule has 0 bridgehead atoms. The Morgan fingerprint density at radius 3 is 2.83 bits per heavy atom. The van der Waals surface area contributed by atoms with Gasteiger partial charge >= 0.3 is 5.97 Å². The third kappa shape index (κ3) is 4.81. The van der Waals surface area contributed by atoms with Gasteiger partial charge < -0.3 is 15.0 Å². The number of esters is 1. The van der Waals surface area contributed by atoms with Crippen molar-refractivity contribution in [3.05, 3.63) is 29.8 Å². The van der Waals surface area contributed by atoms with Crippen LogP contribution in [0.25, 0.3) is 0 Å². The number of ether oxygens (including phenoxy) is 1. The van der Waals surface area contributed by atoms with Crippen LogP contribution in [0, 0.1) is 5.92 Å². The predicted octanol–water partition coefficient (Wildman–Crippen LogP) is 1.60. The second-order valence-electron chi connectivity index (χ2n) is 5.75. The summed E-state index contributed by atoms with van der Waals surface area (Å²) in [6, 6.07) is 7.14. The minimum atomic E-state index is -0.321. The van der Waals surface area contributed by atoms with E-state index in [0.717, 1.165) is 18.4 Å². The highest BCUT2D eigenvalue weighted by molar-refractivity contribution is 5.93. The third-order valence-corrected chi connectivity index (χ3v) is 4.01. The van der Waals surface area contributed by atoms with Crippen molar-refractivity contribution in [2.45, 2.75) is 26.2 Å². The van der Waals surface area contributed by atoms with Gasteiger partial charge in [-0.15, -0.1) is 0 Å². The number of carbonyl (C=O) groups excluding carboxylic acids is 3. The van der Waals surface area contributed by atoms with Crippen LogP contribution in [0.5, 0.6) is 0 Å². The molecule has 1 N–H and O–H groups in total. The molecule has 6 nitrogen and oxygen atoms in total. The zero-order chi connectivity index (χ0) is 16.8. The quantitative estimate of drug-likeness (QED) is 0.856. The van der Waals surface area contributed by atoms with E-state index in [2.05, 4.69) is 10.1 Å². The molecule has 23 heavy (non-hydrogen) atoms. The maximum atomic E-state index is 12.4. The number of hydrogen-bond donors (Lipinski definition) is 1. The second kappa shape index (κ2) is 7.76. The summed E-state index contributed by atoms with van der Waals surface area (Å²) in [6.07, 6.45) is 1.78. The first-order valence-electron chi connectivity index (χ1n) is 7.71. The molecule has 1 atom stereocenters. The van der Waals surface area contributed by atoms with E-state index in [9.17, 15) is 14.4 Å². The number of amides is 2. The average molecular weight is 318 g/mol. The van der Waals surface area contributed by atoms with Crippen LogP contribution in [0.1, 0.15) is 25.3 Å². The fraction of sp³-hybridized carbons (Fsp3) is 0.471. The summed E-state index contributed by atoms with van der Waals surface area (Å²) < 4.78 is 4.64. The lowest BCUT2D eigenvalue weighted by Crippen LogP contribution is -2.42. The summed E-state index contributed by atoms with van der Waals surface area (Å²) >= 11 is 0. The second-order valence-corrected chi connectivity index (χ2v) is 5.75. The molecule has 1 aromatic carbocycles. The molecule has 0 radical (unpaired) electrons. The minimum Gasteiger partial charge on any atom is -0.469 e. The van der Waals surface area contributed by atoms with Crippen LogP contribution in [0.4, 0.5) is 5.69 Å². The van der Waals surface area contributed by atoms with E-state index in [1.54, 1.807) is 23.1 Å². The Bertz CT molecular complexity index is 600. The summed E-state index contributed by atoms with van der Waals surface area (Å²) in [5.74, 6) is -0.608. The summed E-state index contributed by atoms with van der Waals surface area (Å²) in [7, 11) is 1.35. The Kier molecular flexibility index (Phi) is 5.73. The monoisotopic (exact) mass is 318 g/mol. The van der Waals surface area contributed by atoms with Crippen molar-refractivity contribution in [3.63, 3.8) is 0 Å². The van der Waals surface area contributed by atoms with Crippen molar-refractivity contribution in [3.8, 4) is 0 Å². The molecular weight excluding hydrogens is 296 g/mol. The van der Waals surface area contributed by atoms with E-state index in [-0.39, 0.29) is 30.1 Å². The molecule has 1 fully saturated rings. The summed E-state index contributed by atoms with van der Waals surface area (Å²) in [4.78, 5) is 36.9. The standard InChI is InChI=1S/C17H22N2O4/c1-12(20)19-8-4-6-14(11-19)17(22)18-15-7-3-5-13(9-15)10-16(21)23-2/h3,5,7,9,14H,4,6,8,10-11H2,1-2H3,(H,18,22). The maximum absolute atomic E-state index is 12.4. The lowest BCUT2D eigenvalue weighted by Gasteiger charge is -2.31. The van der Waals surface area contributed by atoms with E-state index >= 15 is 0 Å². The van der Waals surface area contributed by atoms with Crippen molar-refractivity contribution < 1.29 is 19.1 Å². The Balaban J connectivity index is 1.98. The Morgan fingerprint density at radius 2 is 2.13 bits per heavy atom. The van der Waals surface area contributed by atoms with Crippen molar-refractivity contribution in [1.29, 1.82) is 0 Å². The van der Waals surface area contributed by atoms with Crippen LogP contribution in [-0.4, -0.2) is 42.9 Å². The first kappa shape index (κ1) is 17.0. The van der Waals surface area contributed by atoms with E-state index in [4.69, 9.17) is 0 Å². The summed E-state index contributed by atoms with van der Waals surface area (Å²) in [6.45, 7) is 2.70. The number of nitrogens with zero attached hydrogens (tertiary/aromatic N) is 1. The molecule has 0 aliphatic carbocycles. The van der Waals surface area contributed by atoms with Crippen molar-refractivity contribution in [2.75, 3.05) is 25.5 Å². The molecule has 1 unspecified atom stereocenters. The fourth-order valence-electron chi connectivity index (χ4n) is 2.72. The molecule has 1 aliphatic rings. The summed E-state index contributed by atoms with van der Waals surface area (Å²) in [5, 5.41) is 2.87. The van der Waals surface area contributed by atoms with Crippen LogP contribution in [-0.2, 0) is 25.5 Å². The molecule has 1 saturated heterocycles. The van der Waals surface area contributed by atoms with Crippen LogP contribution < -0.4 is 5.32 Å². The van der Waals surface area contributed by atoms with Gasteiger partial charge in [0.2, 0.25) is 11.8 Å². The number of hydrogen-bond acceptors (Lipinski definition) is 4. The van der Waals surface area contributed by atoms with E-state index in [1.165, 1.54) is 14.0 Å². The van der Waals surface area contributed by atoms with Crippen molar-refractivity contribution in [2.24, 2.45) is 5.92 Å². The topological polar surface area (TPSA) is 75.7 Å². The molecule has 1 heterocycles. The van der Waals surface area contributed by atoms with Crippen LogP contribution in [0.2, 0.25) is 0 Å². The molecule has 2 amide bonds. The first-order valence-corrected chi connectivity index (χ1v) is 7.71. The van der Waals surface area contributed by atoms with Crippen LogP contribution >= 0.6 is 0 Å². The number of benzene rings is 1. The lowest BCUT2D eigenvalue weighted by molar-refractivity contribution is -0.139. The van der Waals surface area contributed by atoms with E-state index < -0.39 is 0 Å².